The molecule has 3 aliphatic heterocycles. The van der Waals surface area contributed by atoms with Gasteiger partial charge in [-0.1, -0.05) is 23.7 Å². The summed E-state index contributed by atoms with van der Waals surface area (Å²) >= 11 is 6.68. The van der Waals surface area contributed by atoms with Gasteiger partial charge in [0.05, 0.1) is 28.7 Å². The second-order valence-corrected chi connectivity index (χ2v) is 12.9. The van der Waals surface area contributed by atoms with E-state index in [9.17, 15) is 9.59 Å². The molecule has 4 aromatic rings. The number of nitrogens with one attached hydrogen (secondary N) is 1. The van der Waals surface area contributed by atoms with Crippen molar-refractivity contribution in [2.45, 2.75) is 57.3 Å². The molecule has 2 atom stereocenters. The lowest BCUT2D eigenvalue weighted by atomic mass is 9.93. The number of rotatable bonds is 3. The number of hydrogen-bond acceptors (Lipinski definition) is 7. The van der Waals surface area contributed by atoms with Gasteiger partial charge in [-0.05, 0) is 57.5 Å². The molecular formula is C31H32ClN7O3. The Morgan fingerprint density at radius 3 is 2.62 bits per heavy atom. The van der Waals surface area contributed by atoms with Gasteiger partial charge in [0, 0.05) is 64.7 Å². The Hall–Kier alpha value is -4.18. The zero-order valence-electron chi connectivity index (χ0n) is 26.7. The van der Waals surface area contributed by atoms with Crippen molar-refractivity contribution in [2.75, 3.05) is 25.0 Å². The van der Waals surface area contributed by atoms with Crippen molar-refractivity contribution in [3.8, 4) is 11.1 Å². The fourth-order valence-electron chi connectivity index (χ4n) is 6.28. The average molecular weight is 589 g/mol. The van der Waals surface area contributed by atoms with Crippen molar-refractivity contribution in [2.24, 2.45) is 0 Å². The zero-order chi connectivity index (χ0) is 32.1. The number of alkyl carbamates (subject to hydrolysis) is 1. The summed E-state index contributed by atoms with van der Waals surface area (Å²) in [5.74, 6) is 0.508. The zero-order valence-corrected chi connectivity index (χ0v) is 24.4. The largest absolute Gasteiger partial charge is 0.444 e. The monoisotopic (exact) mass is 588 g/mol. The second kappa shape index (κ2) is 9.16. The van der Waals surface area contributed by atoms with Crippen LogP contribution in [0.25, 0.3) is 22.2 Å². The molecule has 11 heteroatoms. The molecule has 1 fully saturated rings. The standard InChI is InChI=1S/C31H32ClN7O3/c1-30(2,3)42-29(41)36-31(4)15-38(16-31)28-33-13-18(14-34-28)17-9-10-21-22(11-17)39-23-12-24(26(39)35-21)37(5)27(40)19-7-6-8-20(32)25(19)23/h6-11,13-14,23-24H,12,15-16H2,1-5H3,(H,36,41)/t23-,24-/m1/s1/i5D3. The second-order valence-electron chi connectivity index (χ2n) is 12.5. The molecule has 10 nitrogen and oxygen atoms in total. The number of benzene rings is 2. The lowest BCUT2D eigenvalue weighted by molar-refractivity contribution is 0.0444. The number of ether oxygens (including phenoxy) is 1. The van der Waals surface area contributed by atoms with Crippen LogP contribution in [0.5, 0.6) is 0 Å². The van der Waals surface area contributed by atoms with E-state index in [0.29, 0.717) is 52.9 Å². The lowest BCUT2D eigenvalue weighted by Crippen LogP contribution is -2.69. The molecular weight excluding hydrogens is 554 g/mol. The van der Waals surface area contributed by atoms with E-state index in [1.807, 2.05) is 55.4 Å². The molecule has 0 unspecified atom stereocenters. The van der Waals surface area contributed by atoms with Gasteiger partial charge in [-0.3, -0.25) is 4.79 Å². The molecule has 42 heavy (non-hydrogen) atoms. The lowest BCUT2D eigenvalue weighted by Gasteiger charge is -2.48. The van der Waals surface area contributed by atoms with Crippen LogP contribution in [0.15, 0.2) is 48.8 Å². The Labute approximate surface area is 252 Å². The number of fused-ring (bicyclic) bond motifs is 9. The Bertz CT molecular complexity index is 1860. The number of carbonyl (C=O) groups is 2. The van der Waals surface area contributed by atoms with E-state index in [0.717, 1.165) is 21.5 Å². The number of carbonyl (C=O) groups excluding carboxylic acids is 2. The third-order valence-corrected chi connectivity index (χ3v) is 8.39. The minimum absolute atomic E-state index is 0.294. The Kier molecular flexibility index (Phi) is 5.10. The number of aromatic nitrogens is 4. The van der Waals surface area contributed by atoms with Crippen molar-refractivity contribution >= 4 is 40.6 Å². The van der Waals surface area contributed by atoms with Gasteiger partial charge in [-0.2, -0.15) is 0 Å². The van der Waals surface area contributed by atoms with Crippen LogP contribution in [0.1, 0.15) is 72.1 Å². The maximum absolute atomic E-state index is 13.6. The first kappa shape index (κ1) is 23.4. The summed E-state index contributed by atoms with van der Waals surface area (Å²) in [5.41, 5.74) is 3.03. The Morgan fingerprint density at radius 2 is 1.90 bits per heavy atom. The quantitative estimate of drug-likeness (QED) is 0.343. The van der Waals surface area contributed by atoms with Crippen molar-refractivity contribution in [3.63, 3.8) is 0 Å². The molecule has 2 aromatic carbocycles. The van der Waals surface area contributed by atoms with Crippen molar-refractivity contribution in [1.82, 2.24) is 29.7 Å². The number of halogens is 1. The highest BCUT2D eigenvalue weighted by Gasteiger charge is 2.45. The third kappa shape index (κ3) is 4.27. The highest BCUT2D eigenvalue weighted by Crippen LogP contribution is 2.49. The SMILES string of the molecule is [2H]C([2H])([2H])N1C(=O)c2cccc(Cl)c2[C@H]2C[C@@H]1c1nc3ccc(-c4cnc(N5CC(C)(NC(=O)OC(C)(C)C)C5)nc4)cc3n12. The molecule has 0 radical (unpaired) electrons. The molecule has 2 bridgehead atoms. The fraction of sp³-hybridized carbons (Fsp3) is 0.387. The van der Waals surface area contributed by atoms with E-state index in [1.54, 1.807) is 30.6 Å². The topological polar surface area (TPSA) is 105 Å². The van der Waals surface area contributed by atoms with Gasteiger partial charge in [-0.25, -0.2) is 19.7 Å². The van der Waals surface area contributed by atoms with E-state index in [1.165, 1.54) is 0 Å². The first-order valence-electron chi connectivity index (χ1n) is 15.3. The molecule has 0 saturated carbocycles. The maximum Gasteiger partial charge on any atom is 0.408 e. The van der Waals surface area contributed by atoms with E-state index < -0.39 is 36.2 Å². The summed E-state index contributed by atoms with van der Waals surface area (Å²) in [5, 5.41) is 3.35. The van der Waals surface area contributed by atoms with Crippen LogP contribution < -0.4 is 10.2 Å². The molecule has 7 rings (SSSR count). The predicted octanol–water partition coefficient (Wildman–Crippen LogP) is 5.37. The Morgan fingerprint density at radius 1 is 1.14 bits per heavy atom. The van der Waals surface area contributed by atoms with Crippen molar-refractivity contribution in [1.29, 1.82) is 0 Å². The number of nitrogens with zero attached hydrogens (tertiary/aromatic N) is 6. The van der Waals surface area contributed by atoms with Crippen LogP contribution in [0.4, 0.5) is 10.7 Å². The van der Waals surface area contributed by atoms with E-state index in [2.05, 4.69) is 15.3 Å². The Balaban J connectivity index is 1.18. The van der Waals surface area contributed by atoms with Crippen LogP contribution in [0, 0.1) is 0 Å². The molecule has 1 N–H and O–H groups in total. The molecule has 0 spiro atoms. The van der Waals surface area contributed by atoms with E-state index in [4.69, 9.17) is 25.4 Å². The third-order valence-electron chi connectivity index (χ3n) is 8.06. The fourth-order valence-corrected chi connectivity index (χ4v) is 6.58. The van der Waals surface area contributed by atoms with Crippen molar-refractivity contribution in [3.05, 3.63) is 70.8 Å². The number of anilines is 1. The summed E-state index contributed by atoms with van der Waals surface area (Å²) in [6.45, 7) is 5.86. The summed E-state index contributed by atoms with van der Waals surface area (Å²) < 4.78 is 32.0. The van der Waals surface area contributed by atoms with E-state index >= 15 is 0 Å². The minimum Gasteiger partial charge on any atom is -0.444 e. The highest BCUT2D eigenvalue weighted by molar-refractivity contribution is 6.32. The first-order valence-corrected chi connectivity index (χ1v) is 14.2. The van der Waals surface area contributed by atoms with Gasteiger partial charge in [0.15, 0.2) is 0 Å². The van der Waals surface area contributed by atoms with Crippen LogP contribution in [-0.4, -0.2) is 67.6 Å². The van der Waals surface area contributed by atoms with Crippen LogP contribution in [-0.2, 0) is 4.74 Å². The summed E-state index contributed by atoms with van der Waals surface area (Å²) in [6, 6.07) is 9.74. The molecule has 0 aliphatic carbocycles. The minimum atomic E-state index is -2.66. The molecule has 2 aromatic heterocycles. The van der Waals surface area contributed by atoms with Gasteiger partial charge in [-0.15, -0.1) is 0 Å². The normalized spacial score (nSPS) is 21.9. The first-order chi connectivity index (χ1) is 21.1. The van der Waals surface area contributed by atoms with Gasteiger partial charge in [0.2, 0.25) is 5.95 Å². The van der Waals surface area contributed by atoms with Crippen LogP contribution >= 0.6 is 11.6 Å². The number of amides is 2. The molecule has 3 aliphatic rings. The molecule has 2 amide bonds. The molecule has 5 heterocycles. The van der Waals surface area contributed by atoms with Crippen molar-refractivity contribution < 1.29 is 18.4 Å². The van der Waals surface area contributed by atoms with E-state index in [-0.39, 0.29) is 6.04 Å². The average Bonchev–Trinajstić information content (AvgIpc) is 3.42. The molecule has 1 saturated heterocycles. The summed E-state index contributed by atoms with van der Waals surface area (Å²) in [7, 11) is 0. The van der Waals surface area contributed by atoms with Gasteiger partial charge in [0.25, 0.3) is 5.91 Å². The summed E-state index contributed by atoms with van der Waals surface area (Å²) in [4.78, 5) is 42.8. The smallest absolute Gasteiger partial charge is 0.408 e. The molecule has 216 valence electrons. The number of imidazole rings is 1. The number of hydrogen-bond donors (Lipinski definition) is 1. The van der Waals surface area contributed by atoms with Crippen LogP contribution in [0.3, 0.4) is 0 Å². The van der Waals surface area contributed by atoms with Gasteiger partial charge in [0.1, 0.15) is 11.4 Å². The van der Waals surface area contributed by atoms with Gasteiger partial charge >= 0.3 is 6.09 Å². The van der Waals surface area contributed by atoms with Gasteiger partial charge < -0.3 is 24.4 Å². The predicted molar refractivity (Wildman–Crippen MR) is 160 cm³/mol. The highest BCUT2D eigenvalue weighted by atomic mass is 35.5. The van der Waals surface area contributed by atoms with Crippen LogP contribution in [0.2, 0.25) is 5.02 Å². The maximum atomic E-state index is 13.6. The summed E-state index contributed by atoms with van der Waals surface area (Å²) in [6.07, 6.45) is 3.42.